The van der Waals surface area contributed by atoms with Crippen molar-refractivity contribution in [2.24, 2.45) is 7.05 Å². The van der Waals surface area contributed by atoms with Crippen LogP contribution in [0.15, 0.2) is 48.9 Å². The maximum Gasteiger partial charge on any atom is 0.259 e. The lowest BCUT2D eigenvalue weighted by molar-refractivity contribution is -0.133. The first-order valence-electron chi connectivity index (χ1n) is 9.69. The summed E-state index contributed by atoms with van der Waals surface area (Å²) in [6.07, 6.45) is 6.46. The molecule has 1 fully saturated rings. The molecule has 3 heterocycles. The van der Waals surface area contributed by atoms with E-state index in [1.165, 1.54) is 0 Å². The second kappa shape index (κ2) is 7.50. The average Bonchev–Trinajstić information content (AvgIpc) is 3.25. The number of nitrogens with zero attached hydrogens (tertiary/aromatic N) is 5. The molecular formula is C21H25N5O2. The minimum Gasteiger partial charge on any atom is -0.336 e. The van der Waals surface area contributed by atoms with Gasteiger partial charge in [0.25, 0.3) is 5.91 Å². The highest BCUT2D eigenvalue weighted by molar-refractivity contribution is 6.00. The first-order valence-corrected chi connectivity index (χ1v) is 9.69. The highest BCUT2D eigenvalue weighted by Crippen LogP contribution is 2.21. The number of benzene rings is 1. The summed E-state index contributed by atoms with van der Waals surface area (Å²) in [5.74, 6) is 0.0367. The van der Waals surface area contributed by atoms with Crippen molar-refractivity contribution in [3.63, 3.8) is 0 Å². The fourth-order valence-corrected chi connectivity index (χ4v) is 3.92. The molecule has 0 bridgehead atoms. The molecule has 0 N–H and O–H groups in total. The predicted octanol–water partition coefficient (Wildman–Crippen LogP) is 2.33. The number of hydrogen-bond acceptors (Lipinski definition) is 3. The zero-order valence-electron chi connectivity index (χ0n) is 16.3. The number of hydrogen-bond donors (Lipinski definition) is 0. The van der Waals surface area contributed by atoms with Crippen molar-refractivity contribution >= 4 is 17.5 Å². The monoisotopic (exact) mass is 379 g/mol. The van der Waals surface area contributed by atoms with Gasteiger partial charge < -0.3 is 14.4 Å². The van der Waals surface area contributed by atoms with Gasteiger partial charge in [-0.05, 0) is 12.0 Å². The summed E-state index contributed by atoms with van der Waals surface area (Å²) in [4.78, 5) is 29.8. The van der Waals surface area contributed by atoms with Gasteiger partial charge in [0.15, 0.2) is 0 Å². The van der Waals surface area contributed by atoms with Gasteiger partial charge in [0.1, 0.15) is 11.2 Å². The van der Waals surface area contributed by atoms with E-state index in [4.69, 9.17) is 0 Å². The molecule has 7 heteroatoms. The summed E-state index contributed by atoms with van der Waals surface area (Å²) in [5.41, 5.74) is 2.46. The first-order chi connectivity index (χ1) is 13.6. The van der Waals surface area contributed by atoms with Crippen LogP contribution in [0.25, 0.3) is 5.65 Å². The molecule has 2 aromatic heterocycles. The van der Waals surface area contributed by atoms with Gasteiger partial charge in [-0.2, -0.15) is 5.10 Å². The van der Waals surface area contributed by atoms with E-state index in [0.717, 1.165) is 17.6 Å². The molecule has 0 aliphatic carbocycles. The lowest BCUT2D eigenvalue weighted by atomic mass is 10.1. The minimum atomic E-state index is -0.0652. The first kappa shape index (κ1) is 18.3. The zero-order chi connectivity index (χ0) is 19.7. The number of rotatable bonds is 4. The van der Waals surface area contributed by atoms with Gasteiger partial charge in [-0.25, -0.2) is 4.52 Å². The maximum absolute atomic E-state index is 13.2. The largest absolute Gasteiger partial charge is 0.336 e. The Labute approximate surface area is 164 Å². The van der Waals surface area contributed by atoms with Crippen molar-refractivity contribution in [3.8, 4) is 0 Å². The number of aromatic nitrogens is 3. The zero-order valence-corrected chi connectivity index (χ0v) is 16.3. The second-order valence-electron chi connectivity index (χ2n) is 7.31. The van der Waals surface area contributed by atoms with Crippen molar-refractivity contribution < 1.29 is 9.59 Å². The van der Waals surface area contributed by atoms with E-state index in [1.807, 2.05) is 59.2 Å². The third kappa shape index (κ3) is 3.28. The number of fused-ring (bicyclic) bond motifs is 1. The van der Waals surface area contributed by atoms with Crippen LogP contribution in [0.1, 0.15) is 35.7 Å². The fourth-order valence-electron chi connectivity index (χ4n) is 3.92. The number of carbonyl (C=O) groups is 2. The van der Waals surface area contributed by atoms with E-state index in [9.17, 15) is 9.59 Å². The molecule has 146 valence electrons. The summed E-state index contributed by atoms with van der Waals surface area (Å²) in [5, 5.41) is 4.27. The molecular weight excluding hydrogens is 354 g/mol. The number of aryl methyl sites for hydroxylation is 1. The second-order valence-corrected chi connectivity index (χ2v) is 7.31. The van der Waals surface area contributed by atoms with Gasteiger partial charge in [-0.1, -0.05) is 37.3 Å². The number of carbonyl (C=O) groups excluding carboxylic acids is 2. The fraction of sp³-hybridized carbons (Fsp3) is 0.381. The Bertz CT molecular complexity index is 991. The highest BCUT2D eigenvalue weighted by Gasteiger charge is 2.32. The Morgan fingerprint density at radius 1 is 1.21 bits per heavy atom. The van der Waals surface area contributed by atoms with Crippen LogP contribution in [0.5, 0.6) is 0 Å². The van der Waals surface area contributed by atoms with Crippen molar-refractivity contribution in [1.82, 2.24) is 24.0 Å². The van der Waals surface area contributed by atoms with Gasteiger partial charge in [0.2, 0.25) is 5.91 Å². The summed E-state index contributed by atoms with van der Waals surface area (Å²) in [6.45, 7) is 3.62. The Hall–Kier alpha value is -3.09. The van der Waals surface area contributed by atoms with E-state index in [1.54, 1.807) is 15.6 Å². The Morgan fingerprint density at radius 2 is 2.00 bits per heavy atom. The van der Waals surface area contributed by atoms with E-state index in [2.05, 4.69) is 12.0 Å². The van der Waals surface area contributed by atoms with Crippen LogP contribution in [0, 0.1) is 0 Å². The Balaban J connectivity index is 1.58. The molecule has 1 aliphatic heterocycles. The predicted molar refractivity (Wildman–Crippen MR) is 106 cm³/mol. The summed E-state index contributed by atoms with van der Waals surface area (Å²) in [7, 11) is 1.90. The molecule has 28 heavy (non-hydrogen) atoms. The van der Waals surface area contributed by atoms with E-state index >= 15 is 0 Å². The van der Waals surface area contributed by atoms with Crippen LogP contribution in [-0.2, 0) is 18.4 Å². The van der Waals surface area contributed by atoms with Crippen LogP contribution < -0.4 is 0 Å². The molecule has 7 nitrogen and oxygen atoms in total. The molecule has 0 saturated carbocycles. The van der Waals surface area contributed by atoms with Gasteiger partial charge in [0, 0.05) is 51.5 Å². The third-order valence-electron chi connectivity index (χ3n) is 5.51. The normalized spacial score (nSPS) is 17.9. The van der Waals surface area contributed by atoms with Gasteiger partial charge in [-0.3, -0.25) is 9.59 Å². The molecule has 2 amide bonds. The average molecular weight is 379 g/mol. The Kier molecular flexibility index (Phi) is 4.90. The number of imidazole rings is 1. The highest BCUT2D eigenvalue weighted by atomic mass is 16.2. The smallest absolute Gasteiger partial charge is 0.259 e. The molecule has 4 rings (SSSR count). The van der Waals surface area contributed by atoms with Gasteiger partial charge >= 0.3 is 0 Å². The summed E-state index contributed by atoms with van der Waals surface area (Å²) >= 11 is 0. The molecule has 1 atom stereocenters. The molecule has 1 saturated heterocycles. The molecule has 1 aliphatic rings. The van der Waals surface area contributed by atoms with Crippen LogP contribution in [-0.4, -0.2) is 54.9 Å². The molecule has 3 aromatic rings. The standard InChI is InChI=1S/C21H25N5O2/c1-3-17-15-24(21(28)18-13-22-26-12-11-23(2)20(18)26)10-9-19(27)25(17)14-16-7-5-4-6-8-16/h4-8,11-13,17H,3,9-10,14-15H2,1-2H3/t17-/m1/s1. The summed E-state index contributed by atoms with van der Waals surface area (Å²) < 4.78 is 3.59. The molecule has 0 radical (unpaired) electrons. The molecule has 0 unspecified atom stereocenters. The van der Waals surface area contributed by atoms with Gasteiger partial charge in [-0.15, -0.1) is 0 Å². The van der Waals surface area contributed by atoms with Crippen LogP contribution >= 0.6 is 0 Å². The third-order valence-corrected chi connectivity index (χ3v) is 5.51. The lowest BCUT2D eigenvalue weighted by Crippen LogP contribution is -2.43. The van der Waals surface area contributed by atoms with Crippen LogP contribution in [0.2, 0.25) is 0 Å². The van der Waals surface area contributed by atoms with Crippen molar-refractivity contribution in [2.75, 3.05) is 13.1 Å². The van der Waals surface area contributed by atoms with Crippen molar-refractivity contribution in [1.29, 1.82) is 0 Å². The summed E-state index contributed by atoms with van der Waals surface area (Å²) in [6, 6.07) is 10.0. The topological polar surface area (TPSA) is 62.9 Å². The SMILES string of the molecule is CC[C@@H]1CN(C(=O)c2cnn3ccn(C)c23)CCC(=O)N1Cc1ccccc1. The lowest BCUT2D eigenvalue weighted by Gasteiger charge is -2.31. The molecule has 0 spiro atoms. The Morgan fingerprint density at radius 3 is 2.75 bits per heavy atom. The van der Waals surface area contributed by atoms with Gasteiger partial charge in [0.05, 0.1) is 6.20 Å². The van der Waals surface area contributed by atoms with Crippen LogP contribution in [0.4, 0.5) is 0 Å². The maximum atomic E-state index is 13.2. The van der Waals surface area contributed by atoms with E-state index < -0.39 is 0 Å². The van der Waals surface area contributed by atoms with E-state index in [0.29, 0.717) is 31.6 Å². The minimum absolute atomic E-state index is 0.00127. The van der Waals surface area contributed by atoms with E-state index in [-0.39, 0.29) is 17.9 Å². The number of amides is 2. The quantitative estimate of drug-likeness (QED) is 0.699. The van der Waals surface area contributed by atoms with Crippen molar-refractivity contribution in [3.05, 3.63) is 60.0 Å². The van der Waals surface area contributed by atoms with Crippen LogP contribution in [0.3, 0.4) is 0 Å². The van der Waals surface area contributed by atoms with Crippen molar-refractivity contribution in [2.45, 2.75) is 32.4 Å². The molecule has 1 aromatic carbocycles.